The number of rotatable bonds is 5. The van der Waals surface area contributed by atoms with Gasteiger partial charge in [0.15, 0.2) is 0 Å². The quantitative estimate of drug-likeness (QED) is 0.327. The third-order valence-electron chi connectivity index (χ3n) is 5.98. The molecule has 7 nitrogen and oxygen atoms in total. The monoisotopic (exact) mass is 459 g/mol. The van der Waals surface area contributed by atoms with Crippen LogP contribution in [0.5, 0.6) is 0 Å². The Balaban J connectivity index is 1.61. The molecule has 0 atom stereocenters. The van der Waals surface area contributed by atoms with E-state index in [9.17, 15) is 15.2 Å². The van der Waals surface area contributed by atoms with Crippen LogP contribution in [0.3, 0.4) is 0 Å². The van der Waals surface area contributed by atoms with Crippen LogP contribution in [0.25, 0.3) is 33.2 Å². The largest absolute Gasteiger partial charge is 0.478 e. The average Bonchev–Trinajstić information content (AvgIpc) is 2.88. The van der Waals surface area contributed by atoms with Crippen molar-refractivity contribution < 1.29 is 9.90 Å². The van der Waals surface area contributed by atoms with Crippen LogP contribution in [0, 0.1) is 11.3 Å². The van der Waals surface area contributed by atoms with E-state index < -0.39 is 11.4 Å². The van der Waals surface area contributed by atoms with Crippen LogP contribution in [-0.4, -0.2) is 26.0 Å². The number of aromatic carboxylic acids is 1. The first-order valence-electron chi connectivity index (χ1n) is 11.0. The molecule has 0 bridgehead atoms. The molecule has 0 fully saturated rings. The van der Waals surface area contributed by atoms with E-state index in [-0.39, 0.29) is 5.56 Å². The Labute approximate surface area is 201 Å². The fraction of sp³-hybridized carbons (Fsp3) is 0.107. The molecule has 0 aliphatic carbocycles. The first kappa shape index (κ1) is 22.0. The van der Waals surface area contributed by atoms with Crippen molar-refractivity contribution >= 4 is 39.3 Å². The first-order chi connectivity index (χ1) is 16.9. The van der Waals surface area contributed by atoms with Gasteiger partial charge in [0.2, 0.25) is 0 Å². The predicted octanol–water partition coefficient (Wildman–Crippen LogP) is 6.09. The lowest BCUT2D eigenvalue weighted by Gasteiger charge is -2.17. The maximum absolute atomic E-state index is 12.0. The summed E-state index contributed by atoms with van der Waals surface area (Å²) in [6.07, 6.45) is 3.09. The van der Waals surface area contributed by atoms with Gasteiger partial charge in [0.1, 0.15) is 11.1 Å². The Bertz CT molecular complexity index is 1640. The van der Waals surface area contributed by atoms with Crippen LogP contribution in [0.1, 0.15) is 29.8 Å². The van der Waals surface area contributed by atoms with E-state index in [1.807, 2.05) is 80.6 Å². The number of nitriles is 1. The Morgan fingerprint density at radius 1 is 0.971 bits per heavy atom. The normalized spacial score (nSPS) is 11.3. The van der Waals surface area contributed by atoms with Crippen LogP contribution in [0.15, 0.2) is 79.1 Å². The van der Waals surface area contributed by atoms with Crippen molar-refractivity contribution in [3.8, 4) is 17.3 Å². The van der Waals surface area contributed by atoms with Gasteiger partial charge in [-0.2, -0.15) is 5.26 Å². The van der Waals surface area contributed by atoms with E-state index in [1.54, 1.807) is 6.20 Å². The Morgan fingerprint density at radius 3 is 2.46 bits per heavy atom. The number of para-hydroxylation sites is 1. The summed E-state index contributed by atoms with van der Waals surface area (Å²) >= 11 is 0. The number of nitrogens with zero attached hydrogens (tertiary/aromatic N) is 4. The summed E-state index contributed by atoms with van der Waals surface area (Å²) in [5.74, 6) is -1.11. The standard InChI is InChI=1S/C28H21N5O2/c1-28(2,16-29)19-7-9-20(10-8-19)32-25-21(27(34)35)15-31-24-12-11-23(33-26(24)25)18-13-17-5-3-4-6-22(17)30-14-18/h3-15H,1-2H3,(H,31,32)(H,34,35). The van der Waals surface area contributed by atoms with Crippen LogP contribution < -0.4 is 5.32 Å². The molecule has 0 saturated heterocycles. The SMILES string of the molecule is CC(C)(C#N)c1ccc(Nc2c(C(=O)O)cnc3ccc(-c4cnc5ccccc5c4)nc23)cc1. The van der Waals surface area contributed by atoms with E-state index in [4.69, 9.17) is 4.98 Å². The van der Waals surface area contributed by atoms with Gasteiger partial charge in [-0.3, -0.25) is 9.97 Å². The fourth-order valence-electron chi connectivity index (χ4n) is 3.91. The maximum Gasteiger partial charge on any atom is 0.339 e. The summed E-state index contributed by atoms with van der Waals surface area (Å²) in [5, 5.41) is 23.4. The lowest BCUT2D eigenvalue weighted by molar-refractivity contribution is 0.0697. The smallest absolute Gasteiger partial charge is 0.339 e. The molecule has 3 aromatic heterocycles. The minimum absolute atomic E-state index is 0.0141. The molecular weight excluding hydrogens is 438 g/mol. The first-order valence-corrected chi connectivity index (χ1v) is 11.0. The van der Waals surface area contributed by atoms with Gasteiger partial charge in [-0.1, -0.05) is 30.3 Å². The highest BCUT2D eigenvalue weighted by Gasteiger charge is 2.20. The van der Waals surface area contributed by atoms with Crippen LogP contribution >= 0.6 is 0 Å². The molecule has 0 saturated carbocycles. The van der Waals surface area contributed by atoms with Crippen molar-refractivity contribution in [2.24, 2.45) is 0 Å². The molecule has 3 heterocycles. The van der Waals surface area contributed by atoms with Crippen molar-refractivity contribution in [3.05, 3.63) is 90.3 Å². The number of hydrogen-bond acceptors (Lipinski definition) is 6. The van der Waals surface area contributed by atoms with Crippen molar-refractivity contribution in [1.29, 1.82) is 5.26 Å². The molecule has 2 N–H and O–H groups in total. The van der Waals surface area contributed by atoms with Crippen LogP contribution in [0.2, 0.25) is 0 Å². The molecule has 2 aromatic carbocycles. The van der Waals surface area contributed by atoms with Crippen molar-refractivity contribution in [1.82, 2.24) is 15.0 Å². The van der Waals surface area contributed by atoms with Gasteiger partial charge in [0.05, 0.1) is 33.9 Å². The Hall–Kier alpha value is -4.83. The second-order valence-corrected chi connectivity index (χ2v) is 8.77. The average molecular weight is 460 g/mol. The molecule has 0 radical (unpaired) electrons. The molecule has 170 valence electrons. The minimum Gasteiger partial charge on any atom is -0.478 e. The molecule has 0 unspecified atom stereocenters. The van der Waals surface area contributed by atoms with Crippen molar-refractivity contribution in [2.45, 2.75) is 19.3 Å². The van der Waals surface area contributed by atoms with Crippen molar-refractivity contribution in [2.75, 3.05) is 5.32 Å². The summed E-state index contributed by atoms with van der Waals surface area (Å²) in [6.45, 7) is 3.70. The van der Waals surface area contributed by atoms with Crippen molar-refractivity contribution in [3.63, 3.8) is 0 Å². The van der Waals surface area contributed by atoms with Crippen LogP contribution in [-0.2, 0) is 5.41 Å². The van der Waals surface area contributed by atoms with E-state index in [2.05, 4.69) is 21.4 Å². The molecule has 7 heteroatoms. The number of hydrogen-bond donors (Lipinski definition) is 2. The number of anilines is 2. The number of aromatic nitrogens is 3. The minimum atomic E-state index is -1.11. The van der Waals surface area contributed by atoms with Gasteiger partial charge < -0.3 is 10.4 Å². The van der Waals surface area contributed by atoms with Gasteiger partial charge in [-0.15, -0.1) is 0 Å². The highest BCUT2D eigenvalue weighted by molar-refractivity contribution is 6.04. The number of fused-ring (bicyclic) bond motifs is 2. The predicted molar refractivity (Wildman–Crippen MR) is 136 cm³/mol. The maximum atomic E-state index is 12.0. The highest BCUT2D eigenvalue weighted by atomic mass is 16.4. The molecule has 5 aromatic rings. The molecule has 5 rings (SSSR count). The summed E-state index contributed by atoms with van der Waals surface area (Å²) in [6, 6.07) is 23.2. The summed E-state index contributed by atoms with van der Waals surface area (Å²) in [4.78, 5) is 25.6. The van der Waals surface area contributed by atoms with Gasteiger partial charge in [-0.05, 0) is 55.8 Å². The van der Waals surface area contributed by atoms with E-state index >= 15 is 0 Å². The summed E-state index contributed by atoms with van der Waals surface area (Å²) in [5.41, 5.74) is 4.66. The zero-order chi connectivity index (χ0) is 24.6. The van der Waals surface area contributed by atoms with Crippen LogP contribution in [0.4, 0.5) is 11.4 Å². The Morgan fingerprint density at radius 2 is 1.71 bits per heavy atom. The lowest BCUT2D eigenvalue weighted by Crippen LogP contribution is -2.13. The van der Waals surface area contributed by atoms with Gasteiger partial charge in [0, 0.05) is 29.0 Å². The molecule has 0 spiro atoms. The lowest BCUT2D eigenvalue weighted by atomic mass is 9.86. The highest BCUT2D eigenvalue weighted by Crippen LogP contribution is 2.32. The number of carbonyl (C=O) groups is 1. The third kappa shape index (κ3) is 4.13. The fourth-order valence-corrected chi connectivity index (χ4v) is 3.91. The molecular formula is C28H21N5O2. The van der Waals surface area contributed by atoms with Gasteiger partial charge >= 0.3 is 5.97 Å². The van der Waals surface area contributed by atoms with E-state index in [0.29, 0.717) is 28.1 Å². The van der Waals surface area contributed by atoms with Gasteiger partial charge in [-0.25, -0.2) is 9.78 Å². The number of carboxylic acid groups (broad SMARTS) is 1. The zero-order valence-electron chi connectivity index (χ0n) is 19.1. The number of pyridine rings is 3. The zero-order valence-corrected chi connectivity index (χ0v) is 19.1. The summed E-state index contributed by atoms with van der Waals surface area (Å²) in [7, 11) is 0. The number of nitrogens with one attached hydrogen (secondary N) is 1. The molecule has 0 amide bonds. The van der Waals surface area contributed by atoms with E-state index in [1.165, 1.54) is 6.20 Å². The number of carboxylic acids is 1. The second-order valence-electron chi connectivity index (χ2n) is 8.77. The number of benzene rings is 2. The summed E-state index contributed by atoms with van der Waals surface area (Å²) < 4.78 is 0. The van der Waals surface area contributed by atoms with E-state index in [0.717, 1.165) is 22.0 Å². The molecule has 0 aliphatic rings. The topological polar surface area (TPSA) is 112 Å². The second kappa shape index (κ2) is 8.50. The Kier molecular flexibility index (Phi) is 5.34. The molecule has 0 aliphatic heterocycles. The third-order valence-corrected chi connectivity index (χ3v) is 5.98. The molecule has 35 heavy (non-hydrogen) atoms. The van der Waals surface area contributed by atoms with Gasteiger partial charge in [0.25, 0.3) is 0 Å².